The summed E-state index contributed by atoms with van der Waals surface area (Å²) in [7, 11) is 0. The van der Waals surface area contributed by atoms with E-state index in [9.17, 15) is 33.6 Å². The minimum absolute atomic E-state index is 0.00668. The van der Waals surface area contributed by atoms with E-state index in [1.54, 1.807) is 0 Å². The molecule has 0 N–H and O–H groups in total. The van der Waals surface area contributed by atoms with Gasteiger partial charge in [0.25, 0.3) is 0 Å². The number of ether oxygens (including phenoxy) is 7. The van der Waals surface area contributed by atoms with Crippen molar-refractivity contribution < 1.29 is 66.7 Å². The van der Waals surface area contributed by atoms with Crippen LogP contribution in [0.25, 0.3) is 0 Å². The first-order chi connectivity index (χ1) is 43.2. The van der Waals surface area contributed by atoms with Gasteiger partial charge in [-0.05, 0) is 210 Å². The largest absolute Gasteiger partial charge is 0.465 e. The summed E-state index contributed by atoms with van der Waals surface area (Å²) in [4.78, 5) is 95.9. The number of nitrogens with zero attached hydrogens (tertiary/aromatic N) is 2. The molecule has 16 nitrogen and oxygen atoms in total. The first kappa shape index (κ1) is 76.6. The summed E-state index contributed by atoms with van der Waals surface area (Å²) in [6.07, 6.45) is 36.0. The average molecular weight is 1260 g/mol. The van der Waals surface area contributed by atoms with Crippen LogP contribution in [-0.4, -0.2) is 137 Å². The van der Waals surface area contributed by atoms with Gasteiger partial charge in [0, 0.05) is 32.2 Å². The maximum absolute atomic E-state index is 13.3. The van der Waals surface area contributed by atoms with Gasteiger partial charge >= 0.3 is 41.8 Å². The van der Waals surface area contributed by atoms with E-state index < -0.39 is 17.9 Å². The van der Waals surface area contributed by atoms with Crippen LogP contribution in [0.2, 0.25) is 0 Å². The van der Waals surface area contributed by atoms with Crippen molar-refractivity contribution in [3.63, 3.8) is 0 Å². The van der Waals surface area contributed by atoms with Gasteiger partial charge in [0.2, 0.25) is 0 Å². The second-order valence-corrected chi connectivity index (χ2v) is 26.1. The highest BCUT2D eigenvalue weighted by molar-refractivity contribution is 5.75. The van der Waals surface area contributed by atoms with Gasteiger partial charge in [0.05, 0.1) is 49.5 Å². The number of hydrogen-bond acceptors (Lipinski definition) is 16. The first-order valence-corrected chi connectivity index (χ1v) is 34.1. The monoisotopic (exact) mass is 1250 g/mol. The zero-order valence-electron chi connectivity index (χ0n) is 56.8. The van der Waals surface area contributed by atoms with Crippen LogP contribution in [0.1, 0.15) is 223 Å². The Morgan fingerprint density at radius 1 is 0.400 bits per heavy atom. The average Bonchev–Trinajstić information content (AvgIpc) is 2.53. The quantitative estimate of drug-likeness (QED) is 0.0242. The molecule has 0 radical (unpaired) electrons. The Balaban J connectivity index is 1.33. The maximum atomic E-state index is 13.3. The minimum atomic E-state index is -0.484. The topological polar surface area (TPSA) is 191 Å². The Kier molecular flexibility index (Phi) is 37.9. The van der Waals surface area contributed by atoms with Crippen LogP contribution in [-0.2, 0) is 66.7 Å². The molecule has 0 saturated carbocycles. The fraction of sp³-hybridized carbons (Fsp3) is 0.689. The number of unbranched alkanes of at least 4 members (excludes halogenated alkanes) is 1. The fourth-order valence-electron chi connectivity index (χ4n) is 11.7. The van der Waals surface area contributed by atoms with E-state index in [1.807, 2.05) is 11.8 Å². The number of carbonyl (C=O) groups excluding carboxylic acids is 7. The van der Waals surface area contributed by atoms with Crippen molar-refractivity contribution in [2.24, 2.45) is 23.7 Å². The third-order valence-electron chi connectivity index (χ3n) is 17.3. The lowest BCUT2D eigenvalue weighted by molar-refractivity contribution is -0.156. The smallest absolute Gasteiger partial charge is 0.309 e. The highest BCUT2D eigenvalue weighted by atomic mass is 16.6. The number of esters is 7. The van der Waals surface area contributed by atoms with Gasteiger partial charge in [-0.1, -0.05) is 93.2 Å². The molecule has 0 spiro atoms. The van der Waals surface area contributed by atoms with Crippen molar-refractivity contribution in [2.75, 3.05) is 79.0 Å². The molecule has 0 aromatic carbocycles. The third-order valence-corrected chi connectivity index (χ3v) is 17.3. The van der Waals surface area contributed by atoms with Gasteiger partial charge in [-0.25, -0.2) is 0 Å². The molecule has 0 fully saturated rings. The van der Waals surface area contributed by atoms with Gasteiger partial charge < -0.3 is 38.1 Å². The van der Waals surface area contributed by atoms with Crippen LogP contribution in [0, 0.1) is 23.7 Å². The normalized spacial score (nSPS) is 18.5. The molecule has 4 aliphatic carbocycles. The molecule has 0 aromatic rings. The Morgan fingerprint density at radius 2 is 0.689 bits per heavy atom. The molecule has 5 unspecified atom stereocenters. The van der Waals surface area contributed by atoms with E-state index in [-0.39, 0.29) is 132 Å². The highest BCUT2D eigenvalue weighted by Gasteiger charge is 2.28. The summed E-state index contributed by atoms with van der Waals surface area (Å²) in [5.41, 5.74) is 10.7. The second kappa shape index (κ2) is 44.6. The Labute approximate surface area is 540 Å². The predicted octanol–water partition coefficient (Wildman–Crippen LogP) is 14.6. The van der Waals surface area contributed by atoms with Crippen molar-refractivity contribution in [1.29, 1.82) is 0 Å². The van der Waals surface area contributed by atoms with E-state index in [2.05, 4.69) is 109 Å². The molecular weight excluding hydrogens is 1140 g/mol. The third kappa shape index (κ3) is 34.0. The molecule has 0 aromatic heterocycles. The second-order valence-electron chi connectivity index (χ2n) is 26.1. The van der Waals surface area contributed by atoms with Crippen molar-refractivity contribution in [3.05, 3.63) is 93.2 Å². The van der Waals surface area contributed by atoms with Crippen molar-refractivity contribution in [2.45, 2.75) is 229 Å². The van der Waals surface area contributed by atoms with Gasteiger partial charge in [0.15, 0.2) is 0 Å². The van der Waals surface area contributed by atoms with Gasteiger partial charge in [-0.3, -0.25) is 38.5 Å². The maximum Gasteiger partial charge on any atom is 0.309 e. The van der Waals surface area contributed by atoms with E-state index in [1.165, 1.54) is 44.6 Å². The zero-order valence-corrected chi connectivity index (χ0v) is 56.8. The summed E-state index contributed by atoms with van der Waals surface area (Å²) >= 11 is 0. The van der Waals surface area contributed by atoms with Gasteiger partial charge in [-0.15, -0.1) is 0 Å². The number of rotatable bonds is 42. The predicted molar refractivity (Wildman–Crippen MR) is 354 cm³/mol. The minimum Gasteiger partial charge on any atom is -0.465 e. The highest BCUT2D eigenvalue weighted by Crippen LogP contribution is 2.31. The van der Waals surface area contributed by atoms with Crippen LogP contribution < -0.4 is 0 Å². The van der Waals surface area contributed by atoms with Crippen LogP contribution in [0.15, 0.2) is 93.2 Å². The van der Waals surface area contributed by atoms with Crippen LogP contribution in [0.5, 0.6) is 0 Å². The summed E-state index contributed by atoms with van der Waals surface area (Å²) in [5, 5.41) is 0. The van der Waals surface area contributed by atoms with Crippen molar-refractivity contribution >= 4 is 41.8 Å². The van der Waals surface area contributed by atoms with Gasteiger partial charge in [0.1, 0.15) is 39.6 Å². The number of carbonyl (C=O) groups is 7. The number of hydrogen-bond donors (Lipinski definition) is 0. The van der Waals surface area contributed by atoms with E-state index in [0.717, 1.165) is 103 Å². The molecule has 4 rings (SSSR count). The van der Waals surface area contributed by atoms with Crippen molar-refractivity contribution in [1.82, 2.24) is 9.80 Å². The van der Waals surface area contributed by atoms with E-state index in [4.69, 9.17) is 33.2 Å². The molecule has 5 atom stereocenters. The Morgan fingerprint density at radius 3 is 0.978 bits per heavy atom. The first-order valence-electron chi connectivity index (χ1n) is 34.1. The molecule has 0 bridgehead atoms. The molecule has 16 heteroatoms. The standard InChI is InChI=1S/C74H114N2O14/c1-55(2)16-12-20-60-24-32-64(33-25-60)71(80)87-47-11-10-43-76(46-42-70(79)86-50-53-90-74(83)67-38-30-63(31-39-67)23-15-19-58(7)8)59(9)54-75(44-40-68(77)84-48-51-88-72(81)65-34-26-61(27-35-65)21-13-17-56(3)4)45-41-69(78)85-49-52-89-73(82)66-36-28-62(29-37-66)22-14-18-57(5)6/h16-19,24,26,28,30,59,64-67H,10-15,20-23,25,27,29,31-54H2,1-9H3. The molecule has 0 heterocycles. The van der Waals surface area contributed by atoms with Crippen LogP contribution in [0.3, 0.4) is 0 Å². The lowest BCUT2D eigenvalue weighted by Gasteiger charge is -2.33. The Bertz CT molecular complexity index is 2430. The summed E-state index contributed by atoms with van der Waals surface area (Å²) in [6, 6.07) is -0.199. The SMILES string of the molecule is CC(C)=CCCC1=CCC(C(=O)OCCCCN(CCC(=O)OCCOC(=O)C2CC=C(CCC=C(C)C)CC2)C(C)CN(CCC(=O)OCCOC(=O)C2CC=C(CCC=C(C)C)CC2)CCC(=O)OCCOC(=O)C2CC=C(CCC=C(C)C)CC2)CC1. The lowest BCUT2D eigenvalue weighted by atomic mass is 9.88. The van der Waals surface area contributed by atoms with Crippen molar-refractivity contribution in [3.8, 4) is 0 Å². The fourth-order valence-corrected chi connectivity index (χ4v) is 11.7. The van der Waals surface area contributed by atoms with Crippen LogP contribution in [0.4, 0.5) is 0 Å². The van der Waals surface area contributed by atoms with Crippen LogP contribution >= 0.6 is 0 Å². The zero-order chi connectivity index (χ0) is 65.5. The molecule has 4 aliphatic rings. The molecule has 0 saturated heterocycles. The molecule has 0 aliphatic heterocycles. The number of allylic oxidation sites excluding steroid dienone is 16. The van der Waals surface area contributed by atoms with E-state index >= 15 is 0 Å². The lowest BCUT2D eigenvalue weighted by Crippen LogP contribution is -2.45. The molecule has 504 valence electrons. The Hall–Kier alpha value is -5.87. The van der Waals surface area contributed by atoms with Gasteiger partial charge in [-0.2, -0.15) is 0 Å². The van der Waals surface area contributed by atoms with E-state index in [0.29, 0.717) is 58.2 Å². The summed E-state index contributed by atoms with van der Waals surface area (Å²) in [6.45, 7) is 20.4. The summed E-state index contributed by atoms with van der Waals surface area (Å²) < 4.78 is 39.1. The molecule has 0 amide bonds. The summed E-state index contributed by atoms with van der Waals surface area (Å²) in [5.74, 6) is -3.24. The molecular formula is C74H114N2O14. The molecule has 90 heavy (non-hydrogen) atoms.